The molecule has 1 amide bonds. The van der Waals surface area contributed by atoms with Gasteiger partial charge in [-0.2, -0.15) is 0 Å². The first-order chi connectivity index (χ1) is 21.3. The van der Waals surface area contributed by atoms with Gasteiger partial charge in [0.05, 0.1) is 7.11 Å². The van der Waals surface area contributed by atoms with Crippen LogP contribution in [0.15, 0.2) is 78.9 Å². The predicted molar refractivity (Wildman–Crippen MR) is 174 cm³/mol. The summed E-state index contributed by atoms with van der Waals surface area (Å²) < 4.78 is 11.2. The van der Waals surface area contributed by atoms with Gasteiger partial charge in [-0.1, -0.05) is 69.3 Å². The maximum atomic E-state index is 14.1. The third kappa shape index (κ3) is 5.96. The molecule has 3 saturated carbocycles. The van der Waals surface area contributed by atoms with Crippen LogP contribution in [0.4, 0.5) is 5.69 Å². The molecule has 1 aliphatic heterocycles. The molecule has 2 bridgehead atoms. The summed E-state index contributed by atoms with van der Waals surface area (Å²) in [6, 6.07) is 26.2. The van der Waals surface area contributed by atoms with E-state index in [1.165, 1.54) is 19.1 Å². The molecule has 1 heterocycles. The fourth-order valence-corrected chi connectivity index (χ4v) is 8.26. The Morgan fingerprint density at radius 3 is 2.25 bits per heavy atom. The van der Waals surface area contributed by atoms with Crippen molar-refractivity contribution in [2.24, 2.45) is 23.2 Å². The molecule has 4 atom stereocenters. The number of para-hydroxylation sites is 1. The first-order valence-electron chi connectivity index (χ1n) is 16.3. The summed E-state index contributed by atoms with van der Waals surface area (Å²) in [5, 5.41) is 0. The number of anilines is 1. The number of rotatable bonds is 9. The van der Waals surface area contributed by atoms with Crippen LogP contribution in [0.2, 0.25) is 0 Å². The number of ether oxygens (including phenoxy) is 2. The molecule has 3 aromatic carbocycles. The topological polar surface area (TPSA) is 59.1 Å². The van der Waals surface area contributed by atoms with Gasteiger partial charge in [-0.15, -0.1) is 0 Å². The Kier molecular flexibility index (Phi) is 8.70. The van der Waals surface area contributed by atoms with E-state index in [0.29, 0.717) is 58.6 Å². The molecule has 44 heavy (non-hydrogen) atoms. The molecule has 3 aliphatic carbocycles. The lowest BCUT2D eigenvalue weighted by atomic mass is 9.44. The van der Waals surface area contributed by atoms with Crippen LogP contribution in [-0.4, -0.2) is 49.1 Å². The van der Waals surface area contributed by atoms with Gasteiger partial charge in [0, 0.05) is 43.3 Å². The summed E-state index contributed by atoms with van der Waals surface area (Å²) in [5.74, 6) is 2.94. The van der Waals surface area contributed by atoms with Crippen molar-refractivity contribution < 1.29 is 19.1 Å². The number of hydrogen-bond donors (Lipinski definition) is 0. The van der Waals surface area contributed by atoms with Crippen LogP contribution in [0.3, 0.4) is 0 Å². The summed E-state index contributed by atoms with van der Waals surface area (Å²) in [6.45, 7) is 8.94. The van der Waals surface area contributed by atoms with Gasteiger partial charge in [0.2, 0.25) is 5.91 Å². The quantitative estimate of drug-likeness (QED) is 0.237. The Morgan fingerprint density at radius 2 is 1.61 bits per heavy atom. The average Bonchev–Trinajstić information content (AvgIpc) is 3.05. The Hall–Kier alpha value is -3.80. The highest BCUT2D eigenvalue weighted by atomic mass is 16.5. The van der Waals surface area contributed by atoms with Crippen molar-refractivity contribution in [3.8, 4) is 11.5 Å². The fourth-order valence-electron chi connectivity index (χ4n) is 8.26. The third-order valence-electron chi connectivity index (χ3n) is 11.0. The van der Waals surface area contributed by atoms with E-state index in [9.17, 15) is 9.59 Å². The van der Waals surface area contributed by atoms with Gasteiger partial charge >= 0.3 is 5.97 Å². The second-order valence-corrected chi connectivity index (χ2v) is 13.6. The third-order valence-corrected chi connectivity index (χ3v) is 11.0. The van der Waals surface area contributed by atoms with E-state index >= 15 is 0 Å². The van der Waals surface area contributed by atoms with Crippen molar-refractivity contribution in [1.29, 1.82) is 0 Å². The van der Waals surface area contributed by atoms with Crippen LogP contribution >= 0.6 is 0 Å². The number of hydrogen-bond acceptors (Lipinski definition) is 5. The molecule has 0 spiro atoms. The number of piperidine rings is 1. The predicted octanol–water partition coefficient (Wildman–Crippen LogP) is 7.77. The van der Waals surface area contributed by atoms with Crippen molar-refractivity contribution in [3.05, 3.63) is 90.0 Å². The van der Waals surface area contributed by atoms with E-state index in [0.717, 1.165) is 44.5 Å². The second-order valence-electron chi connectivity index (χ2n) is 13.6. The molecule has 232 valence electrons. The number of fused-ring (bicyclic) bond motifs is 2. The van der Waals surface area contributed by atoms with E-state index in [1.807, 2.05) is 48.5 Å². The first kappa shape index (κ1) is 30.2. The van der Waals surface area contributed by atoms with Crippen LogP contribution in [0.5, 0.6) is 11.5 Å². The van der Waals surface area contributed by atoms with Crippen LogP contribution in [0.1, 0.15) is 68.8 Å². The Morgan fingerprint density at radius 1 is 0.932 bits per heavy atom. The monoisotopic (exact) mass is 594 g/mol. The van der Waals surface area contributed by atoms with Crippen LogP contribution in [0, 0.1) is 23.2 Å². The van der Waals surface area contributed by atoms with Crippen molar-refractivity contribution in [2.45, 2.75) is 71.4 Å². The van der Waals surface area contributed by atoms with Crippen molar-refractivity contribution in [2.75, 3.05) is 25.1 Å². The molecule has 0 radical (unpaired) electrons. The van der Waals surface area contributed by atoms with E-state index < -0.39 is 5.97 Å². The summed E-state index contributed by atoms with van der Waals surface area (Å²) in [7, 11) is 1.39. The first-order valence-corrected chi connectivity index (χ1v) is 16.3. The summed E-state index contributed by atoms with van der Waals surface area (Å²) >= 11 is 0. The summed E-state index contributed by atoms with van der Waals surface area (Å²) in [6.07, 6.45) is 5.62. The van der Waals surface area contributed by atoms with Crippen molar-refractivity contribution >= 4 is 17.6 Å². The molecule has 0 unspecified atom stereocenters. The summed E-state index contributed by atoms with van der Waals surface area (Å²) in [5.41, 5.74) is 3.02. The minimum absolute atomic E-state index is 0.233. The SMILES string of the molecule is COC(=O)c1ccc(N2CCC(N(C(=O)CCc3ccccc3)[C@H]3C[C@H]4C[C@@H]([C@@H]3C)C4(C)C)CC2)cc1Oc1ccccc1. The second kappa shape index (κ2) is 12.7. The minimum Gasteiger partial charge on any atom is -0.465 e. The molecule has 6 nitrogen and oxygen atoms in total. The number of methoxy groups -OCH3 is 1. The smallest absolute Gasteiger partial charge is 0.341 e. The Bertz CT molecular complexity index is 1450. The van der Waals surface area contributed by atoms with Crippen LogP contribution in [0.25, 0.3) is 0 Å². The van der Waals surface area contributed by atoms with Gasteiger partial charge in [0.25, 0.3) is 0 Å². The highest BCUT2D eigenvalue weighted by Crippen LogP contribution is 2.62. The molecule has 0 N–H and O–H groups in total. The molecule has 1 saturated heterocycles. The standard InChI is InChI=1S/C38H46N2O4/c1-26-33-23-28(38(33,2)3)24-34(26)40(36(41)18-15-27-11-7-5-8-12-27)29-19-21-39(22-20-29)30-16-17-32(37(42)43-4)35(25-30)44-31-13-9-6-10-14-31/h5-14,16-17,25-26,28-29,33-34H,15,18-24H2,1-4H3/t26-,28+,33-,34-/m0/s1. The van der Waals surface area contributed by atoms with Gasteiger partial charge in [-0.05, 0) is 85.1 Å². The molecule has 3 aromatic rings. The zero-order chi connectivity index (χ0) is 30.8. The number of benzene rings is 3. The molecular weight excluding hydrogens is 548 g/mol. The van der Waals surface area contributed by atoms with Crippen LogP contribution in [-0.2, 0) is 16.0 Å². The number of esters is 1. The van der Waals surface area contributed by atoms with Gasteiger partial charge in [0.15, 0.2) is 0 Å². The number of carbonyl (C=O) groups is 2. The van der Waals surface area contributed by atoms with Gasteiger partial charge in [-0.25, -0.2) is 4.79 Å². The molecule has 7 rings (SSSR count). The normalized spacial score (nSPS) is 24.2. The number of aryl methyl sites for hydroxylation is 1. The number of amides is 1. The molecular formula is C38H46N2O4. The molecule has 4 aliphatic rings. The van der Waals surface area contributed by atoms with E-state index in [2.05, 4.69) is 54.8 Å². The lowest BCUT2D eigenvalue weighted by molar-refractivity contribution is -0.164. The zero-order valence-electron chi connectivity index (χ0n) is 26.6. The Labute approximate surface area is 262 Å². The zero-order valence-corrected chi connectivity index (χ0v) is 26.6. The van der Waals surface area contributed by atoms with Crippen molar-refractivity contribution in [1.82, 2.24) is 4.90 Å². The van der Waals surface area contributed by atoms with Crippen LogP contribution < -0.4 is 9.64 Å². The van der Waals surface area contributed by atoms with E-state index in [1.54, 1.807) is 6.07 Å². The van der Waals surface area contributed by atoms with Gasteiger partial charge < -0.3 is 19.3 Å². The summed E-state index contributed by atoms with van der Waals surface area (Å²) in [4.78, 5) is 31.3. The highest BCUT2D eigenvalue weighted by molar-refractivity contribution is 5.93. The van der Waals surface area contributed by atoms with E-state index in [-0.39, 0.29) is 6.04 Å². The minimum atomic E-state index is -0.423. The highest BCUT2D eigenvalue weighted by Gasteiger charge is 2.58. The lowest BCUT2D eigenvalue weighted by Gasteiger charge is -2.64. The van der Waals surface area contributed by atoms with E-state index in [4.69, 9.17) is 9.47 Å². The maximum Gasteiger partial charge on any atom is 0.341 e. The Balaban J connectivity index is 1.19. The number of carbonyl (C=O) groups excluding carboxylic acids is 2. The van der Waals surface area contributed by atoms with Gasteiger partial charge in [0.1, 0.15) is 17.1 Å². The number of nitrogens with zero attached hydrogens (tertiary/aromatic N) is 2. The molecule has 0 aromatic heterocycles. The maximum absolute atomic E-state index is 14.1. The molecule has 6 heteroatoms. The average molecular weight is 595 g/mol. The van der Waals surface area contributed by atoms with Crippen molar-refractivity contribution in [3.63, 3.8) is 0 Å². The fraction of sp³-hybridized carbons (Fsp3) is 0.474. The van der Waals surface area contributed by atoms with Gasteiger partial charge in [-0.3, -0.25) is 4.79 Å². The molecule has 4 fully saturated rings. The lowest BCUT2D eigenvalue weighted by Crippen LogP contribution is -2.64. The largest absolute Gasteiger partial charge is 0.465 e.